The van der Waals surface area contributed by atoms with E-state index in [4.69, 9.17) is 0 Å². The number of rotatable bonds is 11. The number of fused-ring (bicyclic) bond motifs is 1. The summed E-state index contributed by atoms with van der Waals surface area (Å²) in [7, 11) is 0. The third-order valence-corrected chi connectivity index (χ3v) is 9.56. The molecule has 186 valence electrons. The number of nitrogens with zero attached hydrogens (tertiary/aromatic N) is 1. The molecule has 1 aromatic carbocycles. The average Bonchev–Trinajstić information content (AvgIpc) is 3.49. The largest absolute Gasteiger partial charge is 0.394 e. The molecule has 4 rings (SSSR count). The first-order chi connectivity index (χ1) is 16.5. The Balaban J connectivity index is 1.70. The number of thioether (sulfide) groups is 1. The van der Waals surface area contributed by atoms with E-state index >= 15 is 0 Å². The molecule has 2 unspecified atom stereocenters. The van der Waals surface area contributed by atoms with Gasteiger partial charge in [-0.15, -0.1) is 11.8 Å². The molecule has 3 amide bonds. The monoisotopic (exact) mass is 487 g/mol. The zero-order valence-corrected chi connectivity index (χ0v) is 21.0. The first-order valence-corrected chi connectivity index (χ1v) is 13.6. The molecule has 0 aliphatic carbocycles. The molecule has 3 heterocycles. The molecule has 0 saturated carbocycles. The van der Waals surface area contributed by atoms with E-state index in [-0.39, 0.29) is 29.6 Å². The number of carbonyl (C=O) groups is 3. The smallest absolute Gasteiger partial charge is 0.244 e. The van der Waals surface area contributed by atoms with Crippen LogP contribution in [0.3, 0.4) is 0 Å². The fraction of sp³-hybridized carbons (Fsp3) is 0.654. The van der Waals surface area contributed by atoms with E-state index < -0.39 is 28.7 Å². The van der Waals surface area contributed by atoms with Crippen LogP contribution >= 0.6 is 11.8 Å². The third-order valence-electron chi connectivity index (χ3n) is 7.61. The quantitative estimate of drug-likeness (QED) is 0.417. The van der Waals surface area contributed by atoms with E-state index in [9.17, 15) is 19.5 Å². The minimum Gasteiger partial charge on any atom is -0.394 e. The lowest BCUT2D eigenvalue weighted by Crippen LogP contribution is -2.54. The zero-order valence-electron chi connectivity index (χ0n) is 20.2. The summed E-state index contributed by atoms with van der Waals surface area (Å²) >= 11 is 1.66. The Hall–Kier alpha value is -2.06. The number of hydrogen-bond donors (Lipinski definition) is 3. The van der Waals surface area contributed by atoms with Crippen LogP contribution in [0.5, 0.6) is 0 Å². The van der Waals surface area contributed by atoms with Gasteiger partial charge >= 0.3 is 0 Å². The van der Waals surface area contributed by atoms with Gasteiger partial charge in [-0.25, -0.2) is 0 Å². The highest BCUT2D eigenvalue weighted by molar-refractivity contribution is 8.02. The lowest BCUT2D eigenvalue weighted by Gasteiger charge is -2.37. The van der Waals surface area contributed by atoms with Gasteiger partial charge in [-0.1, -0.05) is 57.0 Å². The second kappa shape index (κ2) is 10.7. The van der Waals surface area contributed by atoms with E-state index in [0.29, 0.717) is 13.1 Å². The standard InChI is InChI=1S/C26H37N3O4S/c1-3-5-9-15-28-24(32)22-26-13-12-19(34-26)20(23(31)27-14-4-2)21(26)25(33)29(22)18(16-30)17-10-7-6-8-11-17/h6-8,10-11,18-22,30H,3-5,9,12-16H2,1-2H3,(H,27,31)(H,28,32)/t18-,19+,20-,21+,22?,26?/m1/s1. The molecule has 1 spiro atoms. The second-order valence-corrected chi connectivity index (χ2v) is 11.3. The van der Waals surface area contributed by atoms with Gasteiger partial charge in [0.15, 0.2) is 0 Å². The van der Waals surface area contributed by atoms with E-state index in [1.165, 1.54) is 0 Å². The number of likely N-dealkylation sites (tertiary alicyclic amines) is 1. The molecule has 6 atom stereocenters. The van der Waals surface area contributed by atoms with Gasteiger partial charge in [-0.05, 0) is 31.2 Å². The van der Waals surface area contributed by atoms with Crippen molar-refractivity contribution in [3.8, 4) is 0 Å². The molecule has 3 saturated heterocycles. The molecule has 0 aromatic heterocycles. The van der Waals surface area contributed by atoms with Gasteiger partial charge in [0.25, 0.3) is 0 Å². The molecule has 1 aromatic rings. The number of unbranched alkanes of at least 4 members (excludes halogenated alkanes) is 2. The van der Waals surface area contributed by atoms with Gasteiger partial charge in [-0.3, -0.25) is 14.4 Å². The average molecular weight is 488 g/mol. The minimum absolute atomic E-state index is 0.0487. The van der Waals surface area contributed by atoms with Gasteiger partial charge in [-0.2, -0.15) is 0 Å². The molecule has 3 aliphatic rings. The van der Waals surface area contributed by atoms with Gasteiger partial charge in [0.2, 0.25) is 17.7 Å². The Morgan fingerprint density at radius 1 is 1.12 bits per heavy atom. The van der Waals surface area contributed by atoms with Crippen molar-refractivity contribution in [2.75, 3.05) is 19.7 Å². The predicted octanol–water partition coefficient (Wildman–Crippen LogP) is 2.64. The van der Waals surface area contributed by atoms with Crippen LogP contribution in [0.4, 0.5) is 0 Å². The van der Waals surface area contributed by atoms with Crippen LogP contribution in [0.25, 0.3) is 0 Å². The first kappa shape index (κ1) is 25.0. The van der Waals surface area contributed by atoms with Crippen molar-refractivity contribution >= 4 is 29.5 Å². The van der Waals surface area contributed by atoms with Crippen LogP contribution < -0.4 is 10.6 Å². The van der Waals surface area contributed by atoms with E-state index in [1.807, 2.05) is 37.3 Å². The lowest BCUT2D eigenvalue weighted by atomic mass is 9.70. The number of amides is 3. The Morgan fingerprint density at radius 3 is 2.53 bits per heavy atom. The topological polar surface area (TPSA) is 98.7 Å². The molecule has 34 heavy (non-hydrogen) atoms. The van der Waals surface area contributed by atoms with Crippen molar-refractivity contribution in [3.05, 3.63) is 35.9 Å². The van der Waals surface area contributed by atoms with Crippen LogP contribution in [0.15, 0.2) is 30.3 Å². The highest BCUT2D eigenvalue weighted by Crippen LogP contribution is 2.67. The van der Waals surface area contributed by atoms with E-state index in [0.717, 1.165) is 44.1 Å². The second-order valence-electron chi connectivity index (χ2n) is 9.70. The van der Waals surface area contributed by atoms with Gasteiger partial charge in [0.1, 0.15) is 6.04 Å². The van der Waals surface area contributed by atoms with E-state index in [1.54, 1.807) is 16.7 Å². The Labute approximate surface area is 206 Å². The summed E-state index contributed by atoms with van der Waals surface area (Å²) in [4.78, 5) is 42.5. The number of carbonyl (C=O) groups excluding carboxylic acids is 3. The summed E-state index contributed by atoms with van der Waals surface area (Å²) in [6.07, 6.45) is 5.35. The maximum atomic E-state index is 14.1. The normalized spacial score (nSPS) is 30.3. The van der Waals surface area contributed by atoms with Crippen LogP contribution in [0.1, 0.15) is 64.0 Å². The summed E-state index contributed by atoms with van der Waals surface area (Å²) in [5, 5.41) is 16.5. The van der Waals surface area contributed by atoms with Crippen molar-refractivity contribution < 1.29 is 19.5 Å². The van der Waals surface area contributed by atoms with Crippen molar-refractivity contribution in [1.29, 1.82) is 0 Å². The maximum Gasteiger partial charge on any atom is 0.244 e. The molecule has 3 aliphatic heterocycles. The summed E-state index contributed by atoms with van der Waals surface area (Å²) < 4.78 is -0.632. The summed E-state index contributed by atoms with van der Waals surface area (Å²) in [5.41, 5.74) is 0.796. The van der Waals surface area contributed by atoms with Crippen LogP contribution in [-0.2, 0) is 14.4 Å². The highest BCUT2D eigenvalue weighted by atomic mass is 32.2. The zero-order chi connectivity index (χ0) is 24.3. The molecular formula is C26H37N3O4S. The minimum atomic E-state index is -0.706. The summed E-state index contributed by atoms with van der Waals surface area (Å²) in [6, 6.07) is 8.07. The first-order valence-electron chi connectivity index (χ1n) is 12.7. The molecule has 8 heteroatoms. The number of benzene rings is 1. The van der Waals surface area contributed by atoms with Crippen LogP contribution in [0.2, 0.25) is 0 Å². The molecule has 0 radical (unpaired) electrons. The summed E-state index contributed by atoms with van der Waals surface area (Å²) in [6.45, 7) is 4.99. The third kappa shape index (κ3) is 4.24. The van der Waals surface area contributed by atoms with Crippen molar-refractivity contribution in [1.82, 2.24) is 15.5 Å². The Morgan fingerprint density at radius 2 is 1.85 bits per heavy atom. The number of aliphatic hydroxyl groups is 1. The van der Waals surface area contributed by atoms with Gasteiger partial charge in [0.05, 0.1) is 29.2 Å². The molecule has 2 bridgehead atoms. The van der Waals surface area contributed by atoms with E-state index in [2.05, 4.69) is 17.6 Å². The predicted molar refractivity (Wildman–Crippen MR) is 133 cm³/mol. The highest BCUT2D eigenvalue weighted by Gasteiger charge is 2.74. The number of hydrogen-bond acceptors (Lipinski definition) is 5. The van der Waals surface area contributed by atoms with Crippen molar-refractivity contribution in [2.45, 2.75) is 74.5 Å². The summed E-state index contributed by atoms with van der Waals surface area (Å²) in [5.74, 6) is -1.40. The Bertz CT molecular complexity index is 897. The lowest BCUT2D eigenvalue weighted by molar-refractivity contribution is -0.143. The van der Waals surface area contributed by atoms with Crippen LogP contribution in [0, 0.1) is 11.8 Å². The van der Waals surface area contributed by atoms with Crippen LogP contribution in [-0.4, -0.2) is 63.5 Å². The fourth-order valence-electron chi connectivity index (χ4n) is 6.11. The number of nitrogens with one attached hydrogen (secondary N) is 2. The molecule has 3 N–H and O–H groups in total. The molecule has 3 fully saturated rings. The number of aliphatic hydroxyl groups excluding tert-OH is 1. The maximum absolute atomic E-state index is 14.1. The SMILES string of the molecule is CCCCCNC(=O)C1N([C@H](CO)c2ccccc2)C(=O)[C@@H]2[C@H](C(=O)NCCC)[C@@H]3CCC12S3. The van der Waals surface area contributed by atoms with Gasteiger partial charge in [0, 0.05) is 18.3 Å². The fourth-order valence-corrected chi connectivity index (χ4v) is 8.31. The Kier molecular flexibility index (Phi) is 7.87. The van der Waals surface area contributed by atoms with Crippen molar-refractivity contribution in [3.63, 3.8) is 0 Å². The molecular weight excluding hydrogens is 450 g/mol. The van der Waals surface area contributed by atoms with Gasteiger partial charge < -0.3 is 20.6 Å². The van der Waals surface area contributed by atoms with Crippen molar-refractivity contribution in [2.24, 2.45) is 11.8 Å². The molecule has 7 nitrogen and oxygen atoms in total.